The van der Waals surface area contributed by atoms with E-state index in [1.165, 1.54) is 11.0 Å². The van der Waals surface area contributed by atoms with E-state index in [1.54, 1.807) is 45.9 Å². The second-order valence-electron chi connectivity index (χ2n) is 9.07. The van der Waals surface area contributed by atoms with Gasteiger partial charge in [0, 0.05) is 24.4 Å². The van der Waals surface area contributed by atoms with Gasteiger partial charge in [-0.15, -0.1) is 6.58 Å². The largest absolute Gasteiger partial charge is 0.507 e. The third-order valence-electron chi connectivity index (χ3n) is 4.98. The average Bonchev–Trinajstić information content (AvgIpc) is 2.75. The predicted octanol–water partition coefficient (Wildman–Crippen LogP) is 3.89. The molecule has 2 unspecified atom stereocenters. The third-order valence-corrected chi connectivity index (χ3v) is 5.35. The lowest BCUT2D eigenvalue weighted by atomic mass is 9.99. The first-order valence-corrected chi connectivity index (χ1v) is 12.2. The molecule has 190 valence electrons. The Morgan fingerprint density at radius 2 is 1.94 bits per heavy atom. The van der Waals surface area contributed by atoms with Crippen molar-refractivity contribution in [1.29, 1.82) is 0 Å². The maximum absolute atomic E-state index is 13.6. The minimum atomic E-state index is -1.13. The third kappa shape index (κ3) is 8.93. The van der Waals surface area contributed by atoms with Gasteiger partial charge in [0.1, 0.15) is 23.4 Å². The number of aromatic hydroxyl groups is 1. The number of amides is 3. The number of hydrogen-bond acceptors (Lipinski definition) is 6. The molecule has 3 N–H and O–H groups in total. The van der Waals surface area contributed by atoms with Crippen LogP contribution in [0.4, 0.5) is 4.79 Å². The molecule has 0 fully saturated rings. The van der Waals surface area contributed by atoms with E-state index in [0.29, 0.717) is 17.7 Å². The summed E-state index contributed by atoms with van der Waals surface area (Å²) in [7, 11) is 0. The summed E-state index contributed by atoms with van der Waals surface area (Å²) in [5, 5.41) is 16.2. The van der Waals surface area contributed by atoms with Crippen molar-refractivity contribution in [2.75, 3.05) is 18.8 Å². The lowest BCUT2D eigenvalue weighted by molar-refractivity contribution is -0.141. The van der Waals surface area contributed by atoms with E-state index in [-0.39, 0.29) is 18.0 Å². The maximum atomic E-state index is 13.6. The zero-order valence-corrected chi connectivity index (χ0v) is 21.8. The topological polar surface area (TPSA) is 108 Å². The number of para-hydroxylation sites is 1. The first kappa shape index (κ1) is 29.4. The van der Waals surface area contributed by atoms with Crippen molar-refractivity contribution < 1.29 is 24.2 Å². The van der Waals surface area contributed by atoms with Crippen molar-refractivity contribution >= 4 is 30.5 Å². The Bertz CT molecular complexity index is 853. The Hall–Kier alpha value is -2.68. The Morgan fingerprint density at radius 1 is 1.26 bits per heavy atom. The van der Waals surface area contributed by atoms with Crippen molar-refractivity contribution in [3.63, 3.8) is 0 Å². The van der Waals surface area contributed by atoms with E-state index in [0.717, 1.165) is 19.3 Å². The predicted molar refractivity (Wildman–Crippen MR) is 137 cm³/mol. The quantitative estimate of drug-likeness (QED) is 0.201. The molecule has 0 saturated carbocycles. The summed E-state index contributed by atoms with van der Waals surface area (Å²) in [5.74, 6) is -1.06. The average molecular weight is 494 g/mol. The highest BCUT2D eigenvalue weighted by Gasteiger charge is 2.36. The summed E-state index contributed by atoms with van der Waals surface area (Å²) in [4.78, 5) is 40.5. The van der Waals surface area contributed by atoms with Crippen LogP contribution in [0.5, 0.6) is 5.75 Å². The van der Waals surface area contributed by atoms with Crippen LogP contribution in [0.25, 0.3) is 0 Å². The van der Waals surface area contributed by atoms with E-state index in [1.807, 2.05) is 0 Å². The Kier molecular flexibility index (Phi) is 12.0. The molecule has 0 aliphatic heterocycles. The smallest absolute Gasteiger partial charge is 0.408 e. The Morgan fingerprint density at radius 3 is 2.50 bits per heavy atom. The van der Waals surface area contributed by atoms with Gasteiger partial charge < -0.3 is 25.4 Å². The number of carbonyl (C=O) groups excluding carboxylic acids is 3. The van der Waals surface area contributed by atoms with Crippen LogP contribution in [0, 0.1) is 6.92 Å². The molecule has 0 spiro atoms. The van der Waals surface area contributed by atoms with Crippen LogP contribution in [0.2, 0.25) is 0 Å². The molecule has 0 aromatic heterocycles. The van der Waals surface area contributed by atoms with Gasteiger partial charge in [0.05, 0.1) is 0 Å². The summed E-state index contributed by atoms with van der Waals surface area (Å²) < 4.78 is 5.27. The maximum Gasteiger partial charge on any atom is 0.408 e. The molecule has 9 heteroatoms. The van der Waals surface area contributed by atoms with Crippen molar-refractivity contribution in [1.82, 2.24) is 15.5 Å². The molecule has 34 heavy (non-hydrogen) atoms. The first-order valence-electron chi connectivity index (χ1n) is 11.5. The summed E-state index contributed by atoms with van der Waals surface area (Å²) in [6.45, 7) is 13.1. The SMILES string of the molecule is C=CCN(C(=O)C(CS)NC(=O)OC(C)(C)C)C(C(=O)NCCCCC)c1cccc(C)c1O. The van der Waals surface area contributed by atoms with Crippen LogP contribution in [0.3, 0.4) is 0 Å². The Balaban J connectivity index is 3.34. The summed E-state index contributed by atoms with van der Waals surface area (Å²) in [6, 6.07) is 2.86. The molecular formula is C25H39N3O5S. The van der Waals surface area contributed by atoms with E-state index >= 15 is 0 Å². The fourth-order valence-electron chi connectivity index (χ4n) is 3.33. The lowest BCUT2D eigenvalue weighted by Gasteiger charge is -2.34. The molecule has 1 aromatic carbocycles. The van der Waals surface area contributed by atoms with Gasteiger partial charge in [-0.1, -0.05) is 44.0 Å². The number of rotatable bonds is 12. The molecule has 1 aromatic rings. The van der Waals surface area contributed by atoms with E-state index in [9.17, 15) is 19.5 Å². The molecule has 3 amide bonds. The highest BCUT2D eigenvalue weighted by Crippen LogP contribution is 2.32. The molecule has 0 radical (unpaired) electrons. The van der Waals surface area contributed by atoms with Crippen LogP contribution in [0.1, 0.15) is 64.1 Å². The van der Waals surface area contributed by atoms with Crippen molar-refractivity contribution in [2.45, 2.75) is 71.6 Å². The lowest BCUT2D eigenvalue weighted by Crippen LogP contribution is -2.54. The second kappa shape index (κ2) is 13.9. The summed E-state index contributed by atoms with van der Waals surface area (Å²) in [5.41, 5.74) is 0.117. The van der Waals surface area contributed by atoms with E-state index < -0.39 is 35.6 Å². The van der Waals surface area contributed by atoms with Gasteiger partial charge in [-0.3, -0.25) is 9.59 Å². The summed E-state index contributed by atoms with van der Waals surface area (Å²) >= 11 is 4.23. The van der Waals surface area contributed by atoms with Crippen molar-refractivity contribution in [3.8, 4) is 5.75 Å². The second-order valence-corrected chi connectivity index (χ2v) is 9.44. The number of hydrogen-bond donors (Lipinski definition) is 4. The molecule has 2 atom stereocenters. The molecular weight excluding hydrogens is 454 g/mol. The number of nitrogens with one attached hydrogen (secondary N) is 2. The molecule has 0 aliphatic carbocycles. The zero-order chi connectivity index (χ0) is 25.9. The summed E-state index contributed by atoms with van der Waals surface area (Å²) in [6.07, 6.45) is 3.48. The van der Waals surface area contributed by atoms with Crippen LogP contribution in [-0.2, 0) is 14.3 Å². The number of benzene rings is 1. The number of ether oxygens (including phenoxy) is 1. The number of carbonyl (C=O) groups is 3. The van der Waals surface area contributed by atoms with Crippen LogP contribution in [-0.4, -0.2) is 58.4 Å². The normalized spacial score (nSPS) is 12.9. The molecule has 0 aliphatic rings. The minimum Gasteiger partial charge on any atom is -0.507 e. The highest BCUT2D eigenvalue weighted by molar-refractivity contribution is 7.80. The zero-order valence-electron chi connectivity index (χ0n) is 20.9. The Labute approximate surface area is 208 Å². The van der Waals surface area contributed by atoms with Gasteiger partial charge in [0.25, 0.3) is 0 Å². The number of nitrogens with zero attached hydrogens (tertiary/aromatic N) is 1. The molecule has 0 heterocycles. The van der Waals surface area contributed by atoms with Gasteiger partial charge >= 0.3 is 6.09 Å². The minimum absolute atomic E-state index is 0.0134. The van der Waals surface area contributed by atoms with E-state index in [2.05, 4.69) is 36.8 Å². The van der Waals surface area contributed by atoms with Crippen LogP contribution >= 0.6 is 12.6 Å². The molecule has 8 nitrogen and oxygen atoms in total. The molecule has 1 rings (SSSR count). The fraction of sp³-hybridized carbons (Fsp3) is 0.560. The van der Waals surface area contributed by atoms with Crippen LogP contribution < -0.4 is 10.6 Å². The number of phenols is 1. The van der Waals surface area contributed by atoms with Crippen molar-refractivity contribution in [3.05, 3.63) is 42.0 Å². The number of thiol groups is 1. The molecule has 0 bridgehead atoms. The van der Waals surface area contributed by atoms with Gasteiger partial charge in [-0.2, -0.15) is 12.6 Å². The number of unbranched alkanes of at least 4 members (excludes halogenated alkanes) is 2. The van der Waals surface area contributed by atoms with Gasteiger partial charge in [0.15, 0.2) is 0 Å². The standard InChI is InChI=1S/C25H39N3O5S/c1-7-9-10-14-26-22(30)20(18-13-11-12-17(3)21(18)29)28(15-8-2)23(31)19(16-34)27-24(32)33-25(4,5)6/h8,11-13,19-20,29,34H,2,7,9-10,14-16H2,1,3-6H3,(H,26,30)(H,27,32). The first-order chi connectivity index (χ1) is 16.0. The van der Waals surface area contributed by atoms with Gasteiger partial charge in [-0.25, -0.2) is 4.79 Å². The molecule has 0 saturated heterocycles. The number of alkyl carbamates (subject to hydrolysis) is 1. The van der Waals surface area contributed by atoms with Crippen LogP contribution in [0.15, 0.2) is 30.9 Å². The highest BCUT2D eigenvalue weighted by atomic mass is 32.1. The van der Waals surface area contributed by atoms with Gasteiger partial charge in [0.2, 0.25) is 11.8 Å². The number of phenolic OH excluding ortho intramolecular Hbond substituents is 1. The van der Waals surface area contributed by atoms with Crippen molar-refractivity contribution in [2.24, 2.45) is 0 Å². The van der Waals surface area contributed by atoms with E-state index in [4.69, 9.17) is 4.74 Å². The van der Waals surface area contributed by atoms with Gasteiger partial charge in [-0.05, 0) is 39.7 Å². The number of aryl methyl sites for hydroxylation is 1. The monoisotopic (exact) mass is 493 g/mol. The fourth-order valence-corrected chi connectivity index (χ4v) is 3.58.